The van der Waals surface area contributed by atoms with Gasteiger partial charge in [0.25, 0.3) is 5.56 Å². The van der Waals surface area contributed by atoms with Crippen LogP contribution in [0.15, 0.2) is 68.2 Å². The maximum atomic E-state index is 11.8. The van der Waals surface area contributed by atoms with Gasteiger partial charge >= 0.3 is 0 Å². The van der Waals surface area contributed by atoms with Gasteiger partial charge in [-0.15, -0.1) is 10.2 Å². The SMILES string of the molecule is O=c1[nH][nH]c(-c2cccc(Br)c2)c1N=Nc1ccccn1. The topological polar surface area (TPSA) is 86.3 Å². The molecule has 0 saturated carbocycles. The number of benzene rings is 1. The first-order valence-corrected chi connectivity index (χ1v) is 6.93. The molecule has 0 spiro atoms. The fraction of sp³-hybridized carbons (Fsp3) is 0. The minimum Gasteiger partial charge on any atom is -0.295 e. The predicted octanol–water partition coefficient (Wildman–Crippen LogP) is 3.94. The maximum absolute atomic E-state index is 11.8. The van der Waals surface area contributed by atoms with Gasteiger partial charge in [0.2, 0.25) is 0 Å². The lowest BCUT2D eigenvalue weighted by atomic mass is 10.1. The van der Waals surface area contributed by atoms with E-state index < -0.39 is 0 Å². The minimum absolute atomic E-state index is 0.221. The first-order valence-electron chi connectivity index (χ1n) is 6.13. The van der Waals surface area contributed by atoms with Crippen molar-refractivity contribution >= 4 is 27.4 Å². The first-order chi connectivity index (χ1) is 10.2. The van der Waals surface area contributed by atoms with Gasteiger partial charge < -0.3 is 0 Å². The van der Waals surface area contributed by atoms with Crippen LogP contribution >= 0.6 is 15.9 Å². The summed E-state index contributed by atoms with van der Waals surface area (Å²) in [5, 5.41) is 13.3. The van der Waals surface area contributed by atoms with Crippen molar-refractivity contribution < 1.29 is 0 Å². The van der Waals surface area contributed by atoms with Crippen LogP contribution in [-0.4, -0.2) is 15.2 Å². The summed E-state index contributed by atoms with van der Waals surface area (Å²) < 4.78 is 0.912. The highest BCUT2D eigenvalue weighted by Gasteiger charge is 2.11. The van der Waals surface area contributed by atoms with Crippen LogP contribution in [0.3, 0.4) is 0 Å². The smallest absolute Gasteiger partial charge is 0.292 e. The molecule has 0 atom stereocenters. The number of aromatic amines is 2. The summed E-state index contributed by atoms with van der Waals surface area (Å²) in [4.78, 5) is 15.9. The number of rotatable bonds is 3. The Morgan fingerprint density at radius 1 is 1.05 bits per heavy atom. The van der Waals surface area contributed by atoms with E-state index in [-0.39, 0.29) is 11.2 Å². The summed E-state index contributed by atoms with van der Waals surface area (Å²) in [6.45, 7) is 0. The monoisotopic (exact) mass is 343 g/mol. The molecule has 0 amide bonds. The van der Waals surface area contributed by atoms with E-state index in [1.54, 1.807) is 24.4 Å². The quantitative estimate of drug-likeness (QED) is 0.705. The number of nitrogens with zero attached hydrogens (tertiary/aromatic N) is 3. The average molecular weight is 344 g/mol. The Morgan fingerprint density at radius 3 is 2.71 bits per heavy atom. The maximum Gasteiger partial charge on any atom is 0.292 e. The van der Waals surface area contributed by atoms with Crippen LogP contribution in [0.5, 0.6) is 0 Å². The molecule has 2 aromatic heterocycles. The number of aromatic nitrogens is 3. The molecule has 0 fully saturated rings. The van der Waals surface area contributed by atoms with E-state index in [9.17, 15) is 4.79 Å². The van der Waals surface area contributed by atoms with E-state index in [1.165, 1.54) is 0 Å². The molecule has 0 saturated heterocycles. The number of nitrogens with one attached hydrogen (secondary N) is 2. The third-order valence-corrected chi connectivity index (χ3v) is 3.26. The number of halogens is 1. The molecule has 0 aliphatic heterocycles. The molecule has 0 unspecified atom stereocenters. The van der Waals surface area contributed by atoms with Crippen molar-refractivity contribution in [3.05, 3.63) is 63.5 Å². The molecule has 0 aliphatic rings. The highest BCUT2D eigenvalue weighted by atomic mass is 79.9. The van der Waals surface area contributed by atoms with Crippen LogP contribution < -0.4 is 5.56 Å². The van der Waals surface area contributed by atoms with Crippen LogP contribution in [0.25, 0.3) is 11.3 Å². The Hall–Kier alpha value is -2.54. The van der Waals surface area contributed by atoms with Gasteiger partial charge in [-0.05, 0) is 24.3 Å². The van der Waals surface area contributed by atoms with Gasteiger partial charge in [-0.2, -0.15) is 0 Å². The Morgan fingerprint density at radius 2 is 1.95 bits per heavy atom. The summed E-state index contributed by atoms with van der Waals surface area (Å²) in [6.07, 6.45) is 1.62. The molecule has 0 radical (unpaired) electrons. The van der Waals surface area contributed by atoms with E-state index in [4.69, 9.17) is 0 Å². The molecule has 2 N–H and O–H groups in total. The molecule has 3 rings (SSSR count). The van der Waals surface area contributed by atoms with Crippen molar-refractivity contribution in [2.75, 3.05) is 0 Å². The summed E-state index contributed by atoms with van der Waals surface area (Å²) >= 11 is 3.40. The number of azo groups is 1. The van der Waals surface area contributed by atoms with Gasteiger partial charge in [-0.1, -0.05) is 34.1 Å². The van der Waals surface area contributed by atoms with E-state index in [2.05, 4.69) is 41.3 Å². The Balaban J connectivity index is 2.02. The lowest BCUT2D eigenvalue weighted by Crippen LogP contribution is -1.96. The van der Waals surface area contributed by atoms with E-state index in [0.29, 0.717) is 11.5 Å². The zero-order valence-corrected chi connectivity index (χ0v) is 12.3. The van der Waals surface area contributed by atoms with Crippen LogP contribution in [0, 0.1) is 0 Å². The van der Waals surface area contributed by atoms with Gasteiger partial charge in [0.05, 0.1) is 5.69 Å². The number of pyridine rings is 1. The highest BCUT2D eigenvalue weighted by Crippen LogP contribution is 2.27. The molecule has 3 aromatic rings. The van der Waals surface area contributed by atoms with E-state index >= 15 is 0 Å². The van der Waals surface area contributed by atoms with E-state index in [0.717, 1.165) is 10.0 Å². The Bertz CT molecular complexity index is 838. The largest absolute Gasteiger partial charge is 0.295 e. The number of hydrogen-bond donors (Lipinski definition) is 2. The van der Waals surface area contributed by atoms with Gasteiger partial charge in [-0.3, -0.25) is 15.0 Å². The number of hydrogen-bond acceptors (Lipinski definition) is 4. The first kappa shape index (κ1) is 13.4. The van der Waals surface area contributed by atoms with E-state index in [1.807, 2.05) is 24.3 Å². The van der Waals surface area contributed by atoms with Crippen LogP contribution in [0.1, 0.15) is 0 Å². The minimum atomic E-state index is -0.329. The summed E-state index contributed by atoms with van der Waals surface area (Å²) in [7, 11) is 0. The molecule has 7 heteroatoms. The molecule has 104 valence electrons. The predicted molar refractivity (Wildman–Crippen MR) is 83.0 cm³/mol. The van der Waals surface area contributed by atoms with Gasteiger partial charge in [-0.25, -0.2) is 4.98 Å². The van der Waals surface area contributed by atoms with Crippen LogP contribution in [-0.2, 0) is 0 Å². The van der Waals surface area contributed by atoms with Gasteiger partial charge in [0, 0.05) is 16.2 Å². The molecule has 2 heterocycles. The lowest BCUT2D eigenvalue weighted by Gasteiger charge is -1.99. The van der Waals surface area contributed by atoms with Crippen molar-refractivity contribution in [3.63, 3.8) is 0 Å². The number of H-pyrrole nitrogens is 2. The summed E-state index contributed by atoms with van der Waals surface area (Å²) in [6, 6.07) is 12.9. The van der Waals surface area contributed by atoms with Crippen LogP contribution in [0.2, 0.25) is 0 Å². The fourth-order valence-corrected chi connectivity index (χ4v) is 2.21. The Kier molecular flexibility index (Phi) is 3.74. The second-order valence-electron chi connectivity index (χ2n) is 4.20. The molecule has 1 aromatic carbocycles. The van der Waals surface area contributed by atoms with Crippen molar-refractivity contribution in [2.24, 2.45) is 10.2 Å². The second-order valence-corrected chi connectivity index (χ2v) is 5.12. The average Bonchev–Trinajstić information content (AvgIpc) is 2.87. The van der Waals surface area contributed by atoms with Crippen molar-refractivity contribution in [1.82, 2.24) is 15.2 Å². The zero-order chi connectivity index (χ0) is 14.7. The summed E-state index contributed by atoms with van der Waals surface area (Å²) in [5.74, 6) is 0.443. The van der Waals surface area contributed by atoms with Crippen LogP contribution in [0.4, 0.5) is 11.5 Å². The second kappa shape index (κ2) is 5.84. The molecular formula is C14H10BrN5O. The highest BCUT2D eigenvalue weighted by molar-refractivity contribution is 9.10. The fourth-order valence-electron chi connectivity index (χ4n) is 1.81. The third kappa shape index (κ3) is 2.97. The normalized spacial score (nSPS) is 11.1. The van der Waals surface area contributed by atoms with Gasteiger partial charge in [0.1, 0.15) is 0 Å². The lowest BCUT2D eigenvalue weighted by molar-refractivity contribution is 1.06. The molecule has 21 heavy (non-hydrogen) atoms. The Labute approximate surface area is 128 Å². The molecule has 6 nitrogen and oxygen atoms in total. The molecular weight excluding hydrogens is 334 g/mol. The molecule has 0 aliphatic carbocycles. The van der Waals surface area contributed by atoms with Crippen molar-refractivity contribution in [3.8, 4) is 11.3 Å². The van der Waals surface area contributed by atoms with Crippen molar-refractivity contribution in [2.45, 2.75) is 0 Å². The standard InChI is InChI=1S/C14H10BrN5O/c15-10-5-3-4-9(8-10)12-13(14(21)20-18-12)19-17-11-6-1-2-7-16-11/h1-8H,(H2,18,20,21). The summed E-state index contributed by atoms with van der Waals surface area (Å²) in [5.41, 5.74) is 1.31. The van der Waals surface area contributed by atoms with Gasteiger partial charge in [0.15, 0.2) is 11.5 Å². The zero-order valence-electron chi connectivity index (χ0n) is 10.7. The van der Waals surface area contributed by atoms with Crippen molar-refractivity contribution in [1.29, 1.82) is 0 Å². The third-order valence-electron chi connectivity index (χ3n) is 2.77. The molecule has 0 bridgehead atoms.